The molecule has 1 fully saturated rings. The van der Waals surface area contributed by atoms with Crippen LogP contribution in [0.1, 0.15) is 32.4 Å². The van der Waals surface area contributed by atoms with Crippen LogP contribution in [0.25, 0.3) is 10.9 Å². The Morgan fingerprint density at radius 1 is 1.45 bits per heavy atom. The summed E-state index contributed by atoms with van der Waals surface area (Å²) in [5, 5.41) is 12.4. The number of H-pyrrole nitrogens is 1. The van der Waals surface area contributed by atoms with Gasteiger partial charge in [0.25, 0.3) is 0 Å². The number of benzene rings is 1. The summed E-state index contributed by atoms with van der Waals surface area (Å²) in [6, 6.07) is 9.60. The molecule has 0 spiro atoms. The lowest BCUT2D eigenvalue weighted by molar-refractivity contribution is 0.0900. The van der Waals surface area contributed by atoms with Crippen molar-refractivity contribution in [2.75, 3.05) is 13.1 Å². The summed E-state index contributed by atoms with van der Waals surface area (Å²) in [7, 11) is 0. The number of para-hydroxylation sites is 1. The molecule has 0 aliphatic carbocycles. The molecule has 20 heavy (non-hydrogen) atoms. The van der Waals surface area contributed by atoms with Crippen molar-refractivity contribution in [3.05, 3.63) is 30.0 Å². The summed E-state index contributed by atoms with van der Waals surface area (Å²) in [4.78, 5) is 2.56. The summed E-state index contributed by atoms with van der Waals surface area (Å²) in [6.07, 6.45) is 2.51. The normalized spacial score (nSPS) is 21.0. The second-order valence-corrected chi connectivity index (χ2v) is 5.84. The van der Waals surface area contributed by atoms with Gasteiger partial charge in [-0.3, -0.25) is 10.00 Å². The fraction of sp³-hybridized carbons (Fsp3) is 0.562. The van der Waals surface area contributed by atoms with Crippen LogP contribution in [0.3, 0.4) is 0 Å². The highest BCUT2D eigenvalue weighted by Crippen LogP contribution is 2.18. The lowest BCUT2D eigenvalue weighted by Crippen LogP contribution is -2.51. The van der Waals surface area contributed by atoms with E-state index in [1.807, 2.05) is 12.1 Å². The molecule has 1 aromatic carbocycles. The molecule has 2 heterocycles. The van der Waals surface area contributed by atoms with Crippen LogP contribution < -0.4 is 5.32 Å². The monoisotopic (exact) mass is 272 g/mol. The average Bonchev–Trinajstić information content (AvgIpc) is 2.89. The summed E-state index contributed by atoms with van der Waals surface area (Å²) in [5.41, 5.74) is 2.24. The molecule has 0 amide bonds. The number of aromatic amines is 1. The van der Waals surface area contributed by atoms with Gasteiger partial charge in [-0.1, -0.05) is 25.1 Å². The molecule has 1 saturated heterocycles. The maximum atomic E-state index is 4.35. The quantitative estimate of drug-likeness (QED) is 0.849. The molecule has 4 heteroatoms. The summed E-state index contributed by atoms with van der Waals surface area (Å²) in [5.74, 6) is 0. The minimum atomic E-state index is 0.555. The Balaban J connectivity index is 1.59. The van der Waals surface area contributed by atoms with Crippen LogP contribution in [-0.2, 0) is 6.54 Å². The largest absolute Gasteiger partial charge is 0.307 e. The van der Waals surface area contributed by atoms with Crippen LogP contribution in [0.5, 0.6) is 0 Å². The molecule has 1 aliphatic heterocycles. The number of nitrogens with zero attached hydrogens (tertiary/aromatic N) is 2. The number of fused-ring (bicyclic) bond motifs is 1. The minimum absolute atomic E-state index is 0.555. The minimum Gasteiger partial charge on any atom is -0.307 e. The average molecular weight is 272 g/mol. The van der Waals surface area contributed by atoms with Crippen molar-refractivity contribution in [1.82, 2.24) is 20.4 Å². The van der Waals surface area contributed by atoms with Crippen molar-refractivity contribution in [2.24, 2.45) is 0 Å². The zero-order valence-electron chi connectivity index (χ0n) is 12.4. The smallest absolute Gasteiger partial charge is 0.0924 e. The van der Waals surface area contributed by atoms with Gasteiger partial charge in [0.05, 0.1) is 11.2 Å². The predicted molar refractivity (Wildman–Crippen MR) is 82.7 cm³/mol. The van der Waals surface area contributed by atoms with Gasteiger partial charge in [0.15, 0.2) is 0 Å². The number of hydrogen-bond donors (Lipinski definition) is 2. The lowest BCUT2D eigenvalue weighted by atomic mass is 10.0. The van der Waals surface area contributed by atoms with Gasteiger partial charge in [-0.2, -0.15) is 5.10 Å². The molecule has 2 atom stereocenters. The van der Waals surface area contributed by atoms with Crippen LogP contribution in [0.2, 0.25) is 0 Å². The summed E-state index contributed by atoms with van der Waals surface area (Å²) in [6.45, 7) is 7.85. The van der Waals surface area contributed by atoms with E-state index in [4.69, 9.17) is 0 Å². The molecule has 2 aromatic rings. The molecular formula is C16H24N4. The third kappa shape index (κ3) is 2.72. The standard InChI is InChI=1S/C16H24N4/c1-3-13(11-20-9-8-12(20)2)17-10-16-14-6-4-5-7-15(14)18-19-16/h4-7,12-13,17H,3,8-11H2,1-2H3,(H,18,19)/t12?,13-/m0/s1. The van der Waals surface area contributed by atoms with E-state index in [1.165, 1.54) is 24.0 Å². The Bertz CT molecular complexity index is 562. The maximum absolute atomic E-state index is 4.35. The Labute approximate surface area is 120 Å². The fourth-order valence-corrected chi connectivity index (χ4v) is 2.86. The molecule has 0 bridgehead atoms. The van der Waals surface area contributed by atoms with Crippen molar-refractivity contribution in [1.29, 1.82) is 0 Å². The Kier molecular flexibility index (Phi) is 4.03. The molecule has 1 aliphatic rings. The van der Waals surface area contributed by atoms with Crippen molar-refractivity contribution in [3.63, 3.8) is 0 Å². The van der Waals surface area contributed by atoms with Crippen molar-refractivity contribution in [3.8, 4) is 0 Å². The van der Waals surface area contributed by atoms with E-state index in [-0.39, 0.29) is 0 Å². The van der Waals surface area contributed by atoms with E-state index < -0.39 is 0 Å². The van der Waals surface area contributed by atoms with Gasteiger partial charge in [0.1, 0.15) is 0 Å². The zero-order chi connectivity index (χ0) is 13.9. The van der Waals surface area contributed by atoms with Gasteiger partial charge >= 0.3 is 0 Å². The summed E-state index contributed by atoms with van der Waals surface area (Å²) >= 11 is 0. The number of rotatable bonds is 6. The van der Waals surface area contributed by atoms with Crippen molar-refractivity contribution < 1.29 is 0 Å². The highest BCUT2D eigenvalue weighted by Gasteiger charge is 2.25. The molecule has 108 valence electrons. The van der Waals surface area contributed by atoms with Crippen LogP contribution in [0, 0.1) is 0 Å². The van der Waals surface area contributed by atoms with Gasteiger partial charge in [-0.15, -0.1) is 0 Å². The number of likely N-dealkylation sites (tertiary alicyclic amines) is 1. The fourth-order valence-electron chi connectivity index (χ4n) is 2.86. The molecular weight excluding hydrogens is 248 g/mol. The van der Waals surface area contributed by atoms with E-state index in [0.717, 1.165) is 31.1 Å². The summed E-state index contributed by atoms with van der Waals surface area (Å²) < 4.78 is 0. The zero-order valence-corrected chi connectivity index (χ0v) is 12.4. The van der Waals surface area contributed by atoms with Crippen LogP contribution in [-0.4, -0.2) is 40.3 Å². The van der Waals surface area contributed by atoms with Gasteiger partial charge in [0.2, 0.25) is 0 Å². The molecule has 1 unspecified atom stereocenters. The topological polar surface area (TPSA) is 44.0 Å². The predicted octanol–water partition coefficient (Wildman–Crippen LogP) is 2.53. The molecule has 2 N–H and O–H groups in total. The van der Waals surface area contributed by atoms with Gasteiger partial charge in [0, 0.05) is 30.6 Å². The van der Waals surface area contributed by atoms with Crippen LogP contribution in [0.15, 0.2) is 24.3 Å². The molecule has 0 saturated carbocycles. The first-order valence-corrected chi connectivity index (χ1v) is 7.67. The van der Waals surface area contributed by atoms with E-state index in [9.17, 15) is 0 Å². The van der Waals surface area contributed by atoms with Gasteiger partial charge in [-0.25, -0.2) is 0 Å². The van der Waals surface area contributed by atoms with E-state index >= 15 is 0 Å². The van der Waals surface area contributed by atoms with E-state index in [2.05, 4.69) is 46.4 Å². The third-order valence-corrected chi connectivity index (χ3v) is 4.51. The van der Waals surface area contributed by atoms with Crippen molar-refractivity contribution >= 4 is 10.9 Å². The van der Waals surface area contributed by atoms with Crippen LogP contribution in [0.4, 0.5) is 0 Å². The molecule has 1 aromatic heterocycles. The first kappa shape index (κ1) is 13.6. The lowest BCUT2D eigenvalue weighted by Gasteiger charge is -2.40. The SMILES string of the molecule is CC[C@@H](CN1CCC1C)NCc1[nH]nc2ccccc12. The molecule has 4 nitrogen and oxygen atoms in total. The highest BCUT2D eigenvalue weighted by atomic mass is 15.2. The van der Waals surface area contributed by atoms with Crippen LogP contribution >= 0.6 is 0 Å². The Morgan fingerprint density at radius 3 is 3.00 bits per heavy atom. The van der Waals surface area contributed by atoms with E-state index in [0.29, 0.717) is 6.04 Å². The van der Waals surface area contributed by atoms with Crippen molar-refractivity contribution in [2.45, 2.75) is 45.3 Å². The number of hydrogen-bond acceptors (Lipinski definition) is 3. The number of nitrogens with one attached hydrogen (secondary N) is 2. The highest BCUT2D eigenvalue weighted by molar-refractivity contribution is 5.81. The van der Waals surface area contributed by atoms with Gasteiger partial charge in [-0.05, 0) is 32.4 Å². The van der Waals surface area contributed by atoms with Gasteiger partial charge < -0.3 is 5.32 Å². The number of aromatic nitrogens is 2. The third-order valence-electron chi connectivity index (χ3n) is 4.51. The first-order valence-electron chi connectivity index (χ1n) is 7.67. The Hall–Kier alpha value is -1.39. The molecule has 3 rings (SSSR count). The second-order valence-electron chi connectivity index (χ2n) is 5.84. The molecule has 0 radical (unpaired) electrons. The maximum Gasteiger partial charge on any atom is 0.0924 e. The Morgan fingerprint density at radius 2 is 2.30 bits per heavy atom. The van der Waals surface area contributed by atoms with E-state index in [1.54, 1.807) is 0 Å². The first-order chi connectivity index (χ1) is 9.78. The second kappa shape index (κ2) is 5.94.